The van der Waals surface area contributed by atoms with E-state index < -0.39 is 0 Å². The van der Waals surface area contributed by atoms with Crippen LogP contribution in [0.25, 0.3) is 0 Å². The van der Waals surface area contributed by atoms with Gasteiger partial charge in [0.15, 0.2) is 12.6 Å². The van der Waals surface area contributed by atoms with Crippen LogP contribution in [0.15, 0.2) is 0 Å². The van der Waals surface area contributed by atoms with E-state index in [2.05, 4.69) is 13.8 Å². The summed E-state index contributed by atoms with van der Waals surface area (Å²) in [5, 5.41) is 0. The zero-order valence-electron chi connectivity index (χ0n) is 19.8. The maximum atomic E-state index is 6.17. The van der Waals surface area contributed by atoms with Gasteiger partial charge in [0.05, 0.1) is 26.4 Å². The zero-order chi connectivity index (χ0) is 21.0. The molecule has 2 aliphatic heterocycles. The van der Waals surface area contributed by atoms with Gasteiger partial charge in [0.25, 0.3) is 0 Å². The van der Waals surface area contributed by atoms with Crippen LogP contribution < -0.4 is 0 Å². The SMILES string of the molecule is CCCCCC1CCC(C2OCC(CCC3OCC(CCCCC)CO3)CO2)CC1. The highest BCUT2D eigenvalue weighted by Gasteiger charge is 2.33. The molecule has 2 saturated heterocycles. The van der Waals surface area contributed by atoms with E-state index in [0.29, 0.717) is 17.8 Å². The Bertz CT molecular complexity index is 419. The van der Waals surface area contributed by atoms with Gasteiger partial charge in [0, 0.05) is 17.8 Å². The Kier molecular flexibility index (Phi) is 11.5. The van der Waals surface area contributed by atoms with Crippen molar-refractivity contribution in [2.45, 2.75) is 116 Å². The van der Waals surface area contributed by atoms with Crippen molar-refractivity contribution < 1.29 is 18.9 Å². The lowest BCUT2D eigenvalue weighted by Crippen LogP contribution is -2.39. The third kappa shape index (κ3) is 8.41. The molecule has 0 N–H and O–H groups in total. The molecule has 0 unspecified atom stereocenters. The first-order chi connectivity index (χ1) is 14.8. The molecular weight excluding hydrogens is 376 g/mol. The van der Waals surface area contributed by atoms with E-state index in [1.165, 1.54) is 77.0 Å². The lowest BCUT2D eigenvalue weighted by molar-refractivity contribution is -0.236. The van der Waals surface area contributed by atoms with Gasteiger partial charge in [-0.25, -0.2) is 0 Å². The Morgan fingerprint density at radius 2 is 1.07 bits per heavy atom. The van der Waals surface area contributed by atoms with Crippen LogP contribution in [0.5, 0.6) is 0 Å². The predicted molar refractivity (Wildman–Crippen MR) is 121 cm³/mol. The van der Waals surface area contributed by atoms with Crippen LogP contribution in [0.1, 0.15) is 104 Å². The van der Waals surface area contributed by atoms with Crippen molar-refractivity contribution in [3.63, 3.8) is 0 Å². The van der Waals surface area contributed by atoms with Crippen molar-refractivity contribution in [2.24, 2.45) is 23.7 Å². The summed E-state index contributed by atoms with van der Waals surface area (Å²) in [5.41, 5.74) is 0. The van der Waals surface area contributed by atoms with Crippen molar-refractivity contribution in [1.82, 2.24) is 0 Å². The molecule has 0 aromatic heterocycles. The van der Waals surface area contributed by atoms with E-state index in [-0.39, 0.29) is 12.6 Å². The number of rotatable bonds is 12. The molecular formula is C26H48O4. The molecule has 0 radical (unpaired) electrons. The maximum absolute atomic E-state index is 6.17. The van der Waals surface area contributed by atoms with Gasteiger partial charge >= 0.3 is 0 Å². The summed E-state index contributed by atoms with van der Waals surface area (Å²) < 4.78 is 24.3. The first kappa shape index (κ1) is 24.5. The molecule has 0 aromatic carbocycles. The highest BCUT2D eigenvalue weighted by molar-refractivity contribution is 4.77. The van der Waals surface area contributed by atoms with E-state index in [9.17, 15) is 0 Å². The van der Waals surface area contributed by atoms with E-state index in [4.69, 9.17) is 18.9 Å². The quantitative estimate of drug-likeness (QED) is 0.326. The predicted octanol–water partition coefficient (Wildman–Crippen LogP) is 6.71. The number of hydrogen-bond donors (Lipinski definition) is 0. The van der Waals surface area contributed by atoms with Gasteiger partial charge in [-0.2, -0.15) is 0 Å². The zero-order valence-corrected chi connectivity index (χ0v) is 19.8. The van der Waals surface area contributed by atoms with E-state index in [0.717, 1.165) is 45.2 Å². The third-order valence-electron chi connectivity index (χ3n) is 7.55. The lowest BCUT2D eigenvalue weighted by Gasteiger charge is -2.38. The summed E-state index contributed by atoms with van der Waals surface area (Å²) in [6.07, 6.45) is 18.1. The molecule has 30 heavy (non-hydrogen) atoms. The Morgan fingerprint density at radius 1 is 0.533 bits per heavy atom. The molecule has 0 bridgehead atoms. The topological polar surface area (TPSA) is 36.9 Å². The molecule has 4 heteroatoms. The minimum Gasteiger partial charge on any atom is -0.352 e. The fourth-order valence-corrected chi connectivity index (χ4v) is 5.40. The van der Waals surface area contributed by atoms with Gasteiger partial charge in [0.2, 0.25) is 0 Å². The van der Waals surface area contributed by atoms with Crippen LogP contribution in [0.2, 0.25) is 0 Å². The first-order valence-electron chi connectivity index (χ1n) is 13.2. The van der Waals surface area contributed by atoms with E-state index >= 15 is 0 Å². The average Bonchev–Trinajstić information content (AvgIpc) is 2.80. The highest BCUT2D eigenvalue weighted by atomic mass is 16.7. The normalized spacial score (nSPS) is 35.4. The van der Waals surface area contributed by atoms with Crippen molar-refractivity contribution >= 4 is 0 Å². The number of unbranched alkanes of at least 4 members (excludes halogenated alkanes) is 4. The maximum Gasteiger partial charge on any atom is 0.160 e. The highest BCUT2D eigenvalue weighted by Crippen LogP contribution is 2.36. The second kappa shape index (κ2) is 14.1. The molecule has 176 valence electrons. The molecule has 3 aliphatic rings. The van der Waals surface area contributed by atoms with Gasteiger partial charge in [-0.1, -0.05) is 58.8 Å². The molecule has 2 heterocycles. The molecule has 4 nitrogen and oxygen atoms in total. The van der Waals surface area contributed by atoms with Gasteiger partial charge in [-0.05, 0) is 50.9 Å². The average molecular weight is 425 g/mol. The summed E-state index contributed by atoms with van der Waals surface area (Å²) in [7, 11) is 0. The second-order valence-electron chi connectivity index (χ2n) is 10.2. The Balaban J connectivity index is 1.23. The smallest absolute Gasteiger partial charge is 0.160 e. The standard InChI is InChI=1S/C26H48O4/c1-3-5-7-9-21-11-14-24(15-12-21)26-29-19-23(20-30-26)13-16-25-27-17-22(18-28-25)10-8-6-4-2/h21-26H,3-20H2,1-2H3. The lowest BCUT2D eigenvalue weighted by atomic mass is 9.79. The molecule has 0 atom stereocenters. The monoisotopic (exact) mass is 424 g/mol. The Labute approximate surface area is 185 Å². The van der Waals surface area contributed by atoms with Gasteiger partial charge in [-0.3, -0.25) is 0 Å². The van der Waals surface area contributed by atoms with Crippen molar-refractivity contribution in [1.29, 1.82) is 0 Å². The minimum absolute atomic E-state index is 0.0202. The Morgan fingerprint density at radius 3 is 1.67 bits per heavy atom. The molecule has 1 aliphatic carbocycles. The summed E-state index contributed by atoms with van der Waals surface area (Å²) in [5.74, 6) is 2.65. The molecule has 3 fully saturated rings. The molecule has 0 spiro atoms. The van der Waals surface area contributed by atoms with Crippen LogP contribution in [0, 0.1) is 23.7 Å². The van der Waals surface area contributed by atoms with E-state index in [1.54, 1.807) is 0 Å². The minimum atomic E-state index is -0.0202. The summed E-state index contributed by atoms with van der Waals surface area (Å²) in [6.45, 7) is 7.97. The molecule has 1 saturated carbocycles. The fourth-order valence-electron chi connectivity index (χ4n) is 5.40. The van der Waals surface area contributed by atoms with Crippen molar-refractivity contribution in [2.75, 3.05) is 26.4 Å². The van der Waals surface area contributed by atoms with Crippen LogP contribution in [-0.2, 0) is 18.9 Å². The van der Waals surface area contributed by atoms with Crippen LogP contribution in [0.3, 0.4) is 0 Å². The number of ether oxygens (including phenoxy) is 4. The summed E-state index contributed by atoms with van der Waals surface area (Å²) in [4.78, 5) is 0. The van der Waals surface area contributed by atoms with Crippen LogP contribution in [-0.4, -0.2) is 39.0 Å². The first-order valence-corrected chi connectivity index (χ1v) is 13.2. The van der Waals surface area contributed by atoms with E-state index in [1.807, 2.05) is 0 Å². The summed E-state index contributed by atoms with van der Waals surface area (Å²) >= 11 is 0. The van der Waals surface area contributed by atoms with Crippen LogP contribution >= 0.6 is 0 Å². The van der Waals surface area contributed by atoms with Crippen LogP contribution in [0.4, 0.5) is 0 Å². The second-order valence-corrected chi connectivity index (χ2v) is 10.2. The Hall–Kier alpha value is -0.160. The third-order valence-corrected chi connectivity index (χ3v) is 7.55. The largest absolute Gasteiger partial charge is 0.352 e. The number of hydrogen-bond acceptors (Lipinski definition) is 4. The molecule has 3 rings (SSSR count). The van der Waals surface area contributed by atoms with Crippen molar-refractivity contribution in [3.05, 3.63) is 0 Å². The molecule has 0 amide bonds. The van der Waals surface area contributed by atoms with Gasteiger partial charge in [0.1, 0.15) is 0 Å². The van der Waals surface area contributed by atoms with Gasteiger partial charge in [-0.15, -0.1) is 0 Å². The van der Waals surface area contributed by atoms with Gasteiger partial charge < -0.3 is 18.9 Å². The summed E-state index contributed by atoms with van der Waals surface area (Å²) in [6, 6.07) is 0. The fraction of sp³-hybridized carbons (Fsp3) is 1.00. The van der Waals surface area contributed by atoms with Crippen molar-refractivity contribution in [3.8, 4) is 0 Å². The molecule has 0 aromatic rings.